The molecule has 0 saturated carbocycles. The third-order valence-corrected chi connectivity index (χ3v) is 5.96. The van der Waals surface area contributed by atoms with Gasteiger partial charge in [-0.25, -0.2) is 4.98 Å². The molecule has 0 radical (unpaired) electrons. The number of amides is 2. The number of carbonyl (C=O) groups excluding carboxylic acids is 2. The number of likely N-dealkylation sites (N-methyl/N-ethyl adjacent to an activating group) is 1. The van der Waals surface area contributed by atoms with Gasteiger partial charge in [-0.05, 0) is 62.1 Å². The van der Waals surface area contributed by atoms with Gasteiger partial charge in [0.05, 0.1) is 17.4 Å². The van der Waals surface area contributed by atoms with Gasteiger partial charge in [-0.15, -0.1) is 0 Å². The maximum atomic E-state index is 13.0. The highest BCUT2D eigenvalue weighted by Crippen LogP contribution is 2.18. The Balaban J connectivity index is 1.53. The van der Waals surface area contributed by atoms with Crippen molar-refractivity contribution < 1.29 is 9.59 Å². The summed E-state index contributed by atoms with van der Waals surface area (Å²) in [5.74, 6) is 0.225. The first kappa shape index (κ1) is 21.7. The van der Waals surface area contributed by atoms with Crippen LogP contribution in [0.3, 0.4) is 0 Å². The minimum absolute atomic E-state index is 0.0489. The number of rotatable bonds is 4. The second-order valence-corrected chi connectivity index (χ2v) is 8.56. The number of hydrogen-bond donors (Lipinski definition) is 1. The number of anilines is 1. The van der Waals surface area contributed by atoms with E-state index in [1.165, 1.54) is 4.90 Å². The summed E-state index contributed by atoms with van der Waals surface area (Å²) in [6.07, 6.45) is 3.83. The van der Waals surface area contributed by atoms with Crippen molar-refractivity contribution in [3.8, 4) is 0 Å². The van der Waals surface area contributed by atoms with E-state index < -0.39 is 0 Å². The Hall–Kier alpha value is -3.48. The molecular formula is C25H28N4O3. The zero-order valence-corrected chi connectivity index (χ0v) is 18.8. The SMILES string of the molecule is Cc1ccc(C)c(NC(=O)CN(C)C(=O)c2ccc3c(=O)n4c(nc3c2)CCCCC4)c1. The molecule has 1 aliphatic rings. The Morgan fingerprint density at radius 2 is 1.91 bits per heavy atom. The zero-order chi connectivity index (χ0) is 22.8. The quantitative estimate of drug-likeness (QED) is 0.684. The fraction of sp³-hybridized carbons (Fsp3) is 0.360. The van der Waals surface area contributed by atoms with Gasteiger partial charge in [0.15, 0.2) is 0 Å². The third kappa shape index (κ3) is 4.42. The molecule has 0 fully saturated rings. The monoisotopic (exact) mass is 432 g/mol. The fourth-order valence-electron chi connectivity index (χ4n) is 4.12. The van der Waals surface area contributed by atoms with Crippen LogP contribution in [0.2, 0.25) is 0 Å². The lowest BCUT2D eigenvalue weighted by atomic mass is 10.1. The number of benzene rings is 2. The number of aryl methyl sites for hydroxylation is 3. The van der Waals surface area contributed by atoms with Crippen LogP contribution >= 0.6 is 0 Å². The van der Waals surface area contributed by atoms with Crippen LogP contribution in [0.1, 0.15) is 46.6 Å². The van der Waals surface area contributed by atoms with Gasteiger partial charge in [0.2, 0.25) is 5.91 Å². The smallest absolute Gasteiger partial charge is 0.261 e. The number of hydrogen-bond acceptors (Lipinski definition) is 4. The molecule has 0 spiro atoms. The van der Waals surface area contributed by atoms with Crippen LogP contribution in [0.15, 0.2) is 41.2 Å². The fourth-order valence-corrected chi connectivity index (χ4v) is 4.12. The van der Waals surface area contributed by atoms with Crippen molar-refractivity contribution in [3.63, 3.8) is 0 Å². The number of nitrogens with one attached hydrogen (secondary N) is 1. The molecule has 166 valence electrons. The molecule has 2 amide bonds. The van der Waals surface area contributed by atoms with E-state index in [4.69, 9.17) is 0 Å². The number of nitrogens with zero attached hydrogens (tertiary/aromatic N) is 3. The van der Waals surface area contributed by atoms with Crippen molar-refractivity contribution in [2.45, 2.75) is 46.1 Å². The maximum absolute atomic E-state index is 13.0. The van der Waals surface area contributed by atoms with Crippen molar-refractivity contribution in [2.24, 2.45) is 0 Å². The zero-order valence-electron chi connectivity index (χ0n) is 18.8. The molecule has 0 aliphatic carbocycles. The van der Waals surface area contributed by atoms with Crippen LogP contribution in [0.4, 0.5) is 5.69 Å². The predicted octanol–water partition coefficient (Wildman–Crippen LogP) is 3.45. The molecule has 7 heteroatoms. The van der Waals surface area contributed by atoms with Gasteiger partial charge in [-0.1, -0.05) is 18.6 Å². The van der Waals surface area contributed by atoms with Gasteiger partial charge in [-0.3, -0.25) is 19.0 Å². The van der Waals surface area contributed by atoms with Crippen LogP contribution in [0.25, 0.3) is 10.9 Å². The largest absolute Gasteiger partial charge is 0.332 e. The molecule has 2 heterocycles. The summed E-state index contributed by atoms with van der Waals surface area (Å²) in [6.45, 7) is 4.50. The Kier molecular flexibility index (Phi) is 6.08. The second-order valence-electron chi connectivity index (χ2n) is 8.56. The van der Waals surface area contributed by atoms with E-state index >= 15 is 0 Å². The van der Waals surface area contributed by atoms with E-state index in [-0.39, 0.29) is 23.9 Å². The van der Waals surface area contributed by atoms with E-state index in [0.717, 1.165) is 48.3 Å². The highest BCUT2D eigenvalue weighted by atomic mass is 16.2. The van der Waals surface area contributed by atoms with E-state index in [2.05, 4.69) is 10.3 Å². The molecule has 0 unspecified atom stereocenters. The summed E-state index contributed by atoms with van der Waals surface area (Å²) >= 11 is 0. The predicted molar refractivity (Wildman–Crippen MR) is 125 cm³/mol. The van der Waals surface area contributed by atoms with Gasteiger partial charge < -0.3 is 10.2 Å². The lowest BCUT2D eigenvalue weighted by Gasteiger charge is -2.18. The summed E-state index contributed by atoms with van der Waals surface area (Å²) in [5, 5.41) is 3.39. The van der Waals surface area contributed by atoms with Gasteiger partial charge in [0.1, 0.15) is 5.82 Å². The Bertz CT molecular complexity index is 1260. The lowest BCUT2D eigenvalue weighted by molar-refractivity contribution is -0.116. The van der Waals surface area contributed by atoms with Gasteiger partial charge in [-0.2, -0.15) is 0 Å². The van der Waals surface area contributed by atoms with Crippen molar-refractivity contribution in [1.82, 2.24) is 14.5 Å². The lowest BCUT2D eigenvalue weighted by Crippen LogP contribution is -2.35. The van der Waals surface area contributed by atoms with Crippen molar-refractivity contribution >= 4 is 28.4 Å². The molecule has 32 heavy (non-hydrogen) atoms. The molecular weight excluding hydrogens is 404 g/mol. The minimum atomic E-state index is -0.292. The normalized spacial score (nSPS) is 13.3. The summed E-state index contributed by atoms with van der Waals surface area (Å²) in [7, 11) is 1.59. The molecule has 0 atom stereocenters. The van der Waals surface area contributed by atoms with Gasteiger partial charge in [0, 0.05) is 31.3 Å². The average molecular weight is 433 g/mol. The highest BCUT2D eigenvalue weighted by Gasteiger charge is 2.19. The first-order valence-corrected chi connectivity index (χ1v) is 11.0. The minimum Gasteiger partial charge on any atom is -0.332 e. The molecule has 0 saturated heterocycles. The number of aromatic nitrogens is 2. The van der Waals surface area contributed by atoms with E-state index in [9.17, 15) is 14.4 Å². The molecule has 1 N–H and O–H groups in total. The van der Waals surface area contributed by atoms with Crippen LogP contribution in [-0.2, 0) is 17.8 Å². The Morgan fingerprint density at radius 3 is 2.72 bits per heavy atom. The number of fused-ring (bicyclic) bond motifs is 2. The number of carbonyl (C=O) groups is 2. The van der Waals surface area contributed by atoms with Crippen molar-refractivity contribution in [2.75, 3.05) is 18.9 Å². The molecule has 7 nitrogen and oxygen atoms in total. The molecule has 0 bridgehead atoms. The third-order valence-electron chi connectivity index (χ3n) is 5.96. The van der Waals surface area contributed by atoms with E-state index in [0.29, 0.717) is 23.0 Å². The van der Waals surface area contributed by atoms with Crippen LogP contribution in [0, 0.1) is 13.8 Å². The first-order valence-electron chi connectivity index (χ1n) is 11.0. The Labute approximate surface area is 187 Å². The summed E-state index contributed by atoms with van der Waals surface area (Å²) < 4.78 is 1.76. The van der Waals surface area contributed by atoms with Crippen molar-refractivity contribution in [1.29, 1.82) is 0 Å². The maximum Gasteiger partial charge on any atom is 0.261 e. The van der Waals surface area contributed by atoms with Crippen molar-refractivity contribution in [3.05, 3.63) is 69.3 Å². The van der Waals surface area contributed by atoms with E-state index in [1.54, 1.807) is 29.8 Å². The molecule has 4 rings (SSSR count). The molecule has 3 aromatic rings. The average Bonchev–Trinajstić information content (AvgIpc) is 3.01. The molecule has 1 aromatic heterocycles. The van der Waals surface area contributed by atoms with Crippen LogP contribution in [0.5, 0.6) is 0 Å². The second kappa shape index (κ2) is 8.94. The van der Waals surface area contributed by atoms with Gasteiger partial charge >= 0.3 is 0 Å². The molecule has 2 aromatic carbocycles. The van der Waals surface area contributed by atoms with Crippen LogP contribution < -0.4 is 10.9 Å². The Morgan fingerprint density at radius 1 is 1.09 bits per heavy atom. The summed E-state index contributed by atoms with van der Waals surface area (Å²) in [5.41, 5.74) is 3.64. The topological polar surface area (TPSA) is 84.3 Å². The van der Waals surface area contributed by atoms with Crippen LogP contribution in [-0.4, -0.2) is 39.9 Å². The standard InChI is InChI=1S/C25H28N4O3/c1-16-8-9-17(2)20(13-16)27-23(30)15-28(3)24(31)18-10-11-19-21(14-18)26-22-7-5-4-6-12-29(22)25(19)32/h8-11,13-14H,4-7,12,15H2,1-3H3,(H,27,30). The highest BCUT2D eigenvalue weighted by molar-refractivity contribution is 6.01. The summed E-state index contributed by atoms with van der Waals surface area (Å²) in [4.78, 5) is 44.4. The van der Waals surface area contributed by atoms with E-state index in [1.807, 2.05) is 32.0 Å². The molecule has 1 aliphatic heterocycles. The summed E-state index contributed by atoms with van der Waals surface area (Å²) in [6, 6.07) is 10.8. The van der Waals surface area contributed by atoms with Gasteiger partial charge in [0.25, 0.3) is 11.5 Å². The first-order chi connectivity index (χ1) is 15.3.